The second kappa shape index (κ2) is 6.33. The third kappa shape index (κ3) is 3.67. The third-order valence-corrected chi connectivity index (χ3v) is 3.13. The van der Waals surface area contributed by atoms with Gasteiger partial charge in [-0.3, -0.25) is 4.98 Å². The predicted molar refractivity (Wildman–Crippen MR) is 71.5 cm³/mol. The number of carboxylic acids is 1. The molecule has 7 heteroatoms. The molecule has 1 saturated heterocycles. The van der Waals surface area contributed by atoms with Gasteiger partial charge in [-0.1, -0.05) is 0 Å². The van der Waals surface area contributed by atoms with Crippen molar-refractivity contribution >= 4 is 17.7 Å². The lowest BCUT2D eigenvalue weighted by atomic mass is 10.2. The molecule has 2 atom stereocenters. The molecule has 1 aromatic rings. The molecule has 1 fully saturated rings. The number of nitrogens with one attached hydrogen (secondary N) is 2. The van der Waals surface area contributed by atoms with Crippen LogP contribution in [0, 0.1) is 6.92 Å². The van der Waals surface area contributed by atoms with Crippen molar-refractivity contribution in [1.29, 1.82) is 0 Å². The van der Waals surface area contributed by atoms with Gasteiger partial charge in [-0.15, -0.1) is 0 Å². The van der Waals surface area contributed by atoms with Crippen LogP contribution in [-0.2, 0) is 9.53 Å². The fraction of sp³-hybridized carbons (Fsp3) is 0.462. The molecule has 0 spiro atoms. The number of nitrogens with zero attached hydrogens (tertiary/aromatic N) is 1. The van der Waals surface area contributed by atoms with Gasteiger partial charge in [0.15, 0.2) is 6.10 Å². The molecule has 0 saturated carbocycles. The van der Waals surface area contributed by atoms with Crippen LogP contribution in [0.2, 0.25) is 0 Å². The topological polar surface area (TPSA) is 101 Å². The van der Waals surface area contributed by atoms with Crippen molar-refractivity contribution in [1.82, 2.24) is 10.3 Å². The van der Waals surface area contributed by atoms with Gasteiger partial charge < -0.3 is 20.5 Å². The minimum Gasteiger partial charge on any atom is -0.479 e. The first kappa shape index (κ1) is 14.3. The highest BCUT2D eigenvalue weighted by molar-refractivity contribution is 5.89. The molecule has 1 aliphatic rings. The number of pyridine rings is 1. The van der Waals surface area contributed by atoms with Gasteiger partial charge in [0.25, 0.3) is 0 Å². The monoisotopic (exact) mass is 279 g/mol. The highest BCUT2D eigenvalue weighted by Crippen LogP contribution is 2.19. The molecule has 0 bridgehead atoms. The SMILES string of the molecule is Cc1ncccc1NC(=O)NCC1CCC(C(=O)O)O1. The Labute approximate surface area is 116 Å². The maximum Gasteiger partial charge on any atom is 0.332 e. The van der Waals surface area contributed by atoms with Crippen LogP contribution in [0.1, 0.15) is 18.5 Å². The number of rotatable bonds is 4. The number of ether oxygens (including phenoxy) is 1. The summed E-state index contributed by atoms with van der Waals surface area (Å²) in [6.07, 6.45) is 1.74. The van der Waals surface area contributed by atoms with E-state index in [1.165, 1.54) is 0 Å². The lowest BCUT2D eigenvalue weighted by molar-refractivity contribution is -0.149. The molecule has 2 amide bonds. The molecule has 2 unspecified atom stereocenters. The number of carbonyl (C=O) groups is 2. The van der Waals surface area contributed by atoms with E-state index in [0.717, 1.165) is 5.69 Å². The summed E-state index contributed by atoms with van der Waals surface area (Å²) in [6, 6.07) is 3.14. The Morgan fingerprint density at radius 1 is 1.50 bits per heavy atom. The normalized spacial score (nSPS) is 21.4. The van der Waals surface area contributed by atoms with Gasteiger partial charge in [0.2, 0.25) is 0 Å². The van der Waals surface area contributed by atoms with Gasteiger partial charge in [0, 0.05) is 12.7 Å². The average Bonchev–Trinajstić information content (AvgIpc) is 2.88. The van der Waals surface area contributed by atoms with Crippen LogP contribution in [0.25, 0.3) is 0 Å². The Bertz CT molecular complexity index is 506. The summed E-state index contributed by atoms with van der Waals surface area (Å²) in [5.74, 6) is -0.956. The van der Waals surface area contributed by atoms with E-state index in [1.54, 1.807) is 25.3 Å². The summed E-state index contributed by atoms with van der Waals surface area (Å²) >= 11 is 0. The van der Waals surface area contributed by atoms with Gasteiger partial charge in [0.05, 0.1) is 17.5 Å². The van der Waals surface area contributed by atoms with Gasteiger partial charge in [0.1, 0.15) is 0 Å². The number of anilines is 1. The van der Waals surface area contributed by atoms with E-state index in [4.69, 9.17) is 9.84 Å². The molecule has 108 valence electrons. The third-order valence-electron chi connectivity index (χ3n) is 3.13. The molecule has 3 N–H and O–H groups in total. The van der Waals surface area contributed by atoms with Crippen molar-refractivity contribution in [3.8, 4) is 0 Å². The van der Waals surface area contributed by atoms with Crippen LogP contribution in [0.4, 0.5) is 10.5 Å². The van der Waals surface area contributed by atoms with Crippen molar-refractivity contribution in [2.24, 2.45) is 0 Å². The summed E-state index contributed by atoms with van der Waals surface area (Å²) < 4.78 is 5.29. The predicted octanol–water partition coefficient (Wildman–Crippen LogP) is 1.14. The molecule has 0 aromatic carbocycles. The smallest absolute Gasteiger partial charge is 0.332 e. The fourth-order valence-corrected chi connectivity index (χ4v) is 2.03. The number of aryl methyl sites for hydroxylation is 1. The van der Waals surface area contributed by atoms with Gasteiger partial charge in [-0.25, -0.2) is 9.59 Å². The minimum absolute atomic E-state index is 0.253. The quantitative estimate of drug-likeness (QED) is 0.767. The van der Waals surface area contributed by atoms with Crippen LogP contribution in [0.15, 0.2) is 18.3 Å². The maximum absolute atomic E-state index is 11.7. The number of aromatic nitrogens is 1. The Morgan fingerprint density at radius 2 is 2.30 bits per heavy atom. The first-order valence-electron chi connectivity index (χ1n) is 6.41. The zero-order chi connectivity index (χ0) is 14.5. The van der Waals surface area contributed by atoms with E-state index in [-0.39, 0.29) is 18.7 Å². The van der Waals surface area contributed by atoms with Crippen molar-refractivity contribution in [3.05, 3.63) is 24.0 Å². The Balaban J connectivity index is 1.76. The van der Waals surface area contributed by atoms with Gasteiger partial charge >= 0.3 is 12.0 Å². The lowest BCUT2D eigenvalue weighted by Crippen LogP contribution is -2.36. The highest BCUT2D eigenvalue weighted by atomic mass is 16.5. The fourth-order valence-electron chi connectivity index (χ4n) is 2.03. The molecule has 0 aliphatic carbocycles. The van der Waals surface area contributed by atoms with E-state index in [2.05, 4.69) is 15.6 Å². The zero-order valence-corrected chi connectivity index (χ0v) is 11.1. The Hall–Kier alpha value is -2.15. The molecular formula is C13H17N3O4. The number of aliphatic carboxylic acids is 1. The summed E-state index contributed by atoms with van der Waals surface area (Å²) in [5, 5.41) is 14.1. The average molecular weight is 279 g/mol. The first-order chi connectivity index (χ1) is 9.56. The molecular weight excluding hydrogens is 262 g/mol. The number of carboxylic acid groups (broad SMARTS) is 1. The summed E-state index contributed by atoms with van der Waals surface area (Å²) in [6.45, 7) is 2.09. The summed E-state index contributed by atoms with van der Waals surface area (Å²) in [7, 11) is 0. The van der Waals surface area contributed by atoms with Crippen LogP contribution in [0.5, 0.6) is 0 Å². The Kier molecular flexibility index (Phi) is 4.52. The summed E-state index contributed by atoms with van der Waals surface area (Å²) in [4.78, 5) is 26.5. The molecule has 2 heterocycles. The number of amides is 2. The van der Waals surface area contributed by atoms with Crippen molar-refractivity contribution in [2.45, 2.75) is 32.0 Å². The number of hydrogen-bond acceptors (Lipinski definition) is 4. The molecule has 1 aliphatic heterocycles. The van der Waals surface area contributed by atoms with Crippen LogP contribution in [0.3, 0.4) is 0 Å². The number of carbonyl (C=O) groups excluding carboxylic acids is 1. The van der Waals surface area contributed by atoms with Crippen molar-refractivity contribution in [3.63, 3.8) is 0 Å². The molecule has 7 nitrogen and oxygen atoms in total. The number of hydrogen-bond donors (Lipinski definition) is 3. The first-order valence-corrected chi connectivity index (χ1v) is 6.41. The van der Waals surface area contributed by atoms with Crippen molar-refractivity contribution < 1.29 is 19.4 Å². The second-order valence-corrected chi connectivity index (χ2v) is 4.63. The van der Waals surface area contributed by atoms with Gasteiger partial charge in [-0.2, -0.15) is 0 Å². The van der Waals surface area contributed by atoms with E-state index in [1.807, 2.05) is 0 Å². The minimum atomic E-state index is -0.956. The maximum atomic E-state index is 11.7. The number of urea groups is 1. The van der Waals surface area contributed by atoms with Crippen LogP contribution >= 0.6 is 0 Å². The molecule has 20 heavy (non-hydrogen) atoms. The van der Waals surface area contributed by atoms with E-state index in [0.29, 0.717) is 18.5 Å². The second-order valence-electron chi connectivity index (χ2n) is 4.63. The van der Waals surface area contributed by atoms with E-state index in [9.17, 15) is 9.59 Å². The zero-order valence-electron chi connectivity index (χ0n) is 11.1. The van der Waals surface area contributed by atoms with Crippen LogP contribution in [-0.4, -0.2) is 40.8 Å². The molecule has 0 radical (unpaired) electrons. The van der Waals surface area contributed by atoms with Crippen LogP contribution < -0.4 is 10.6 Å². The largest absolute Gasteiger partial charge is 0.479 e. The molecule has 2 rings (SSSR count). The lowest BCUT2D eigenvalue weighted by Gasteiger charge is -2.13. The van der Waals surface area contributed by atoms with Gasteiger partial charge in [-0.05, 0) is 31.9 Å². The van der Waals surface area contributed by atoms with E-state index < -0.39 is 12.1 Å². The standard InChI is InChI=1S/C13H17N3O4/c1-8-10(3-2-6-14-8)16-13(19)15-7-9-4-5-11(20-9)12(17)18/h2-3,6,9,11H,4-5,7H2,1H3,(H,17,18)(H2,15,16,19). The Morgan fingerprint density at radius 3 is 2.95 bits per heavy atom. The summed E-state index contributed by atoms with van der Waals surface area (Å²) in [5.41, 5.74) is 1.37. The highest BCUT2D eigenvalue weighted by Gasteiger charge is 2.30. The van der Waals surface area contributed by atoms with Crippen molar-refractivity contribution in [2.75, 3.05) is 11.9 Å². The molecule has 1 aromatic heterocycles. The van der Waals surface area contributed by atoms with E-state index >= 15 is 0 Å².